The van der Waals surface area contributed by atoms with Crippen LogP contribution in [0.5, 0.6) is 5.75 Å². The zero-order valence-electron chi connectivity index (χ0n) is 21.8. The minimum atomic E-state index is -0.595. The zero-order valence-corrected chi connectivity index (χ0v) is 23.4. The van der Waals surface area contributed by atoms with Gasteiger partial charge in [-0.2, -0.15) is 0 Å². The Bertz CT molecular complexity index is 1010. The molecule has 0 saturated carbocycles. The van der Waals surface area contributed by atoms with Crippen molar-refractivity contribution in [1.82, 2.24) is 10.2 Å². The third-order valence-corrected chi connectivity index (χ3v) is 6.09. The summed E-state index contributed by atoms with van der Waals surface area (Å²) < 4.78 is 6.72. The molecule has 34 heavy (non-hydrogen) atoms. The molecule has 0 spiro atoms. The Morgan fingerprint density at radius 3 is 2.26 bits per heavy atom. The van der Waals surface area contributed by atoms with Gasteiger partial charge in [-0.1, -0.05) is 63.6 Å². The van der Waals surface area contributed by atoms with Gasteiger partial charge in [0.25, 0.3) is 5.91 Å². The molecule has 0 fully saturated rings. The number of nitrogens with one attached hydrogen (secondary N) is 1. The highest BCUT2D eigenvalue weighted by Crippen LogP contribution is 2.31. The van der Waals surface area contributed by atoms with Crippen molar-refractivity contribution in [1.29, 1.82) is 0 Å². The summed E-state index contributed by atoms with van der Waals surface area (Å²) in [6, 6.07) is 13.3. The summed E-state index contributed by atoms with van der Waals surface area (Å²) in [6.45, 7) is 16.4. The fourth-order valence-corrected chi connectivity index (χ4v) is 4.18. The molecule has 0 heterocycles. The van der Waals surface area contributed by atoms with Gasteiger partial charge in [-0.25, -0.2) is 0 Å². The van der Waals surface area contributed by atoms with Crippen LogP contribution in [0.4, 0.5) is 0 Å². The van der Waals surface area contributed by atoms with Crippen LogP contribution in [0.15, 0.2) is 46.9 Å². The molecule has 0 radical (unpaired) electrons. The average molecular weight is 532 g/mol. The van der Waals surface area contributed by atoms with Crippen molar-refractivity contribution in [2.24, 2.45) is 0 Å². The highest BCUT2D eigenvalue weighted by molar-refractivity contribution is 9.10. The first-order chi connectivity index (χ1) is 15.7. The molecule has 0 aliphatic heterocycles. The Morgan fingerprint density at radius 2 is 1.74 bits per heavy atom. The molecular weight excluding hydrogens is 492 g/mol. The Morgan fingerprint density at radius 1 is 1.06 bits per heavy atom. The number of halogens is 1. The van der Waals surface area contributed by atoms with Crippen LogP contribution in [0.1, 0.15) is 71.6 Å². The molecule has 2 rings (SSSR count). The molecule has 0 bridgehead atoms. The topological polar surface area (TPSA) is 58.6 Å². The third kappa shape index (κ3) is 8.15. The van der Waals surface area contributed by atoms with E-state index in [1.165, 1.54) is 5.56 Å². The third-order valence-electron chi connectivity index (χ3n) is 5.47. The van der Waals surface area contributed by atoms with Crippen molar-refractivity contribution in [3.8, 4) is 5.75 Å². The van der Waals surface area contributed by atoms with E-state index in [0.29, 0.717) is 18.7 Å². The molecule has 186 valence electrons. The molecule has 2 amide bonds. The van der Waals surface area contributed by atoms with E-state index in [4.69, 9.17) is 4.74 Å². The number of hydrogen-bond acceptors (Lipinski definition) is 3. The lowest BCUT2D eigenvalue weighted by molar-refractivity contribution is -0.143. The second-order valence-electron chi connectivity index (χ2n) is 10.9. The molecule has 1 N–H and O–H groups in total. The normalized spacial score (nSPS) is 12.7. The van der Waals surface area contributed by atoms with Crippen LogP contribution < -0.4 is 10.1 Å². The molecule has 1 atom stereocenters. The van der Waals surface area contributed by atoms with Crippen LogP contribution in [-0.4, -0.2) is 34.9 Å². The molecule has 0 unspecified atom stereocenters. The largest absolute Gasteiger partial charge is 0.483 e. The SMILES string of the molecule is CC[C@@H](C(=O)NC(C)(C)C)N(Cc1cccc(C)c1)C(=O)COc1ccc(C(C)(C)C)cc1Br. The number of hydrogen-bond donors (Lipinski definition) is 1. The highest BCUT2D eigenvalue weighted by Gasteiger charge is 2.31. The summed E-state index contributed by atoms with van der Waals surface area (Å²) in [5.41, 5.74) is 2.88. The molecule has 0 saturated heterocycles. The number of ether oxygens (including phenoxy) is 1. The van der Waals surface area contributed by atoms with E-state index in [2.05, 4.69) is 42.0 Å². The lowest BCUT2D eigenvalue weighted by Gasteiger charge is -2.33. The van der Waals surface area contributed by atoms with Crippen LogP contribution in [0.2, 0.25) is 0 Å². The van der Waals surface area contributed by atoms with Crippen LogP contribution in [0.25, 0.3) is 0 Å². The minimum absolute atomic E-state index is 0.0102. The Hall–Kier alpha value is -2.34. The van der Waals surface area contributed by atoms with Gasteiger partial charge in [0.05, 0.1) is 4.47 Å². The summed E-state index contributed by atoms with van der Waals surface area (Å²) in [7, 11) is 0. The van der Waals surface area contributed by atoms with Crippen molar-refractivity contribution in [3.63, 3.8) is 0 Å². The summed E-state index contributed by atoms with van der Waals surface area (Å²) in [5, 5.41) is 3.02. The molecule has 0 aromatic heterocycles. The monoisotopic (exact) mass is 530 g/mol. The maximum Gasteiger partial charge on any atom is 0.261 e. The van der Waals surface area contributed by atoms with Crippen molar-refractivity contribution in [2.75, 3.05) is 6.61 Å². The lowest BCUT2D eigenvalue weighted by atomic mass is 9.87. The predicted molar refractivity (Wildman–Crippen MR) is 142 cm³/mol. The minimum Gasteiger partial charge on any atom is -0.483 e. The predicted octanol–water partition coefficient (Wildman–Crippen LogP) is 6.16. The van der Waals surface area contributed by atoms with Gasteiger partial charge in [0.2, 0.25) is 5.91 Å². The van der Waals surface area contributed by atoms with Gasteiger partial charge in [-0.15, -0.1) is 0 Å². The maximum absolute atomic E-state index is 13.4. The first kappa shape index (κ1) is 27.9. The fraction of sp³-hybridized carbons (Fsp3) is 0.500. The highest BCUT2D eigenvalue weighted by atomic mass is 79.9. The van der Waals surface area contributed by atoms with Crippen molar-refractivity contribution in [3.05, 3.63) is 63.6 Å². The van der Waals surface area contributed by atoms with Crippen LogP contribution in [0.3, 0.4) is 0 Å². The van der Waals surface area contributed by atoms with Crippen molar-refractivity contribution in [2.45, 2.75) is 85.4 Å². The van der Waals surface area contributed by atoms with Gasteiger partial charge in [0.1, 0.15) is 11.8 Å². The quantitative estimate of drug-likeness (QED) is 0.444. The first-order valence-corrected chi connectivity index (χ1v) is 12.6. The number of amides is 2. The number of nitrogens with zero attached hydrogens (tertiary/aromatic N) is 1. The van der Waals surface area contributed by atoms with Gasteiger partial charge in [-0.05, 0) is 78.7 Å². The standard InChI is InChI=1S/C28H39BrN2O3/c1-9-23(26(33)30-28(6,7)8)31(17-20-12-10-11-19(2)15-20)25(32)18-34-24-14-13-21(16-22(24)29)27(3,4)5/h10-16,23H,9,17-18H2,1-8H3,(H,30,33)/t23-/m0/s1. The van der Waals surface area contributed by atoms with Crippen LogP contribution >= 0.6 is 15.9 Å². The number of carbonyl (C=O) groups is 2. The molecule has 0 aliphatic rings. The summed E-state index contributed by atoms with van der Waals surface area (Å²) in [4.78, 5) is 28.2. The van der Waals surface area contributed by atoms with E-state index in [1.54, 1.807) is 4.90 Å². The molecule has 2 aromatic carbocycles. The maximum atomic E-state index is 13.4. The Labute approximate surface area is 213 Å². The van der Waals surface area contributed by atoms with E-state index in [1.807, 2.05) is 77.1 Å². The summed E-state index contributed by atoms with van der Waals surface area (Å²) in [5.74, 6) is 0.208. The van der Waals surface area contributed by atoms with Crippen molar-refractivity contribution < 1.29 is 14.3 Å². The second-order valence-corrected chi connectivity index (χ2v) is 11.7. The molecule has 6 heteroatoms. The summed E-state index contributed by atoms with van der Waals surface area (Å²) in [6.07, 6.45) is 0.503. The molecule has 2 aromatic rings. The first-order valence-electron chi connectivity index (χ1n) is 11.8. The van der Waals surface area contributed by atoms with E-state index >= 15 is 0 Å². The number of aryl methyl sites for hydroxylation is 1. The van der Waals surface area contributed by atoms with E-state index < -0.39 is 11.6 Å². The molecule has 5 nitrogen and oxygen atoms in total. The van der Waals surface area contributed by atoms with E-state index in [9.17, 15) is 9.59 Å². The van der Waals surface area contributed by atoms with Gasteiger partial charge >= 0.3 is 0 Å². The molecule has 0 aliphatic carbocycles. The van der Waals surface area contributed by atoms with Crippen LogP contribution in [-0.2, 0) is 21.5 Å². The van der Waals surface area contributed by atoms with Gasteiger partial charge in [0, 0.05) is 12.1 Å². The Kier molecular flexibility index (Phi) is 9.35. The van der Waals surface area contributed by atoms with Gasteiger partial charge in [0.15, 0.2) is 6.61 Å². The zero-order chi connectivity index (χ0) is 25.7. The number of benzene rings is 2. The van der Waals surface area contributed by atoms with E-state index in [-0.39, 0.29) is 23.8 Å². The smallest absolute Gasteiger partial charge is 0.261 e. The number of rotatable bonds is 8. The lowest BCUT2D eigenvalue weighted by Crippen LogP contribution is -2.54. The average Bonchev–Trinajstić information content (AvgIpc) is 2.70. The Balaban J connectivity index is 2.27. The van der Waals surface area contributed by atoms with Gasteiger partial charge < -0.3 is 15.0 Å². The fourth-order valence-electron chi connectivity index (χ4n) is 3.69. The molecular formula is C28H39BrN2O3. The number of carbonyl (C=O) groups excluding carboxylic acids is 2. The van der Waals surface area contributed by atoms with E-state index in [0.717, 1.165) is 15.6 Å². The van der Waals surface area contributed by atoms with Crippen molar-refractivity contribution >= 4 is 27.7 Å². The second kappa shape index (κ2) is 11.4. The van der Waals surface area contributed by atoms with Crippen LogP contribution in [0, 0.1) is 6.92 Å². The summed E-state index contributed by atoms with van der Waals surface area (Å²) >= 11 is 3.57. The van der Waals surface area contributed by atoms with Gasteiger partial charge in [-0.3, -0.25) is 9.59 Å².